The van der Waals surface area contributed by atoms with Crippen LogP contribution in [0.1, 0.15) is 16.1 Å². The Morgan fingerprint density at radius 3 is 2.80 bits per heavy atom. The van der Waals surface area contributed by atoms with Crippen molar-refractivity contribution < 1.29 is 9.18 Å². The fourth-order valence-corrected chi connectivity index (χ4v) is 3.46. The number of halogens is 1. The lowest BCUT2D eigenvalue weighted by molar-refractivity contribution is 0.102. The zero-order valence-electron chi connectivity index (χ0n) is 13.2. The predicted octanol–water partition coefficient (Wildman–Crippen LogP) is 4.18. The first-order valence-electron chi connectivity index (χ1n) is 7.59. The number of para-hydroxylation sites is 1. The summed E-state index contributed by atoms with van der Waals surface area (Å²) in [7, 11) is 0. The molecule has 0 fully saturated rings. The van der Waals surface area contributed by atoms with Gasteiger partial charge in [0.15, 0.2) is 5.13 Å². The van der Waals surface area contributed by atoms with Crippen molar-refractivity contribution in [2.45, 2.75) is 6.92 Å². The Morgan fingerprint density at radius 1 is 1.20 bits per heavy atom. The molecule has 0 spiro atoms. The summed E-state index contributed by atoms with van der Waals surface area (Å²) in [6, 6.07) is 13.9. The maximum Gasteiger partial charge on any atom is 0.260 e. The highest BCUT2D eigenvalue weighted by Gasteiger charge is 2.17. The van der Waals surface area contributed by atoms with Crippen LogP contribution in [-0.4, -0.2) is 20.7 Å². The van der Waals surface area contributed by atoms with E-state index in [2.05, 4.69) is 15.4 Å². The fourth-order valence-electron chi connectivity index (χ4n) is 2.58. The third kappa shape index (κ3) is 2.89. The van der Waals surface area contributed by atoms with Gasteiger partial charge in [-0.15, -0.1) is 0 Å². The number of amides is 1. The van der Waals surface area contributed by atoms with E-state index < -0.39 is 0 Å². The molecule has 0 saturated carbocycles. The maximum absolute atomic E-state index is 13.3. The van der Waals surface area contributed by atoms with E-state index in [1.165, 1.54) is 29.7 Å². The molecule has 25 heavy (non-hydrogen) atoms. The van der Waals surface area contributed by atoms with Gasteiger partial charge in [-0.25, -0.2) is 14.1 Å². The Labute approximate surface area is 146 Å². The summed E-state index contributed by atoms with van der Waals surface area (Å²) in [4.78, 5) is 16.9. The molecule has 0 atom stereocenters. The highest BCUT2D eigenvalue weighted by molar-refractivity contribution is 7.22. The highest BCUT2D eigenvalue weighted by atomic mass is 32.1. The molecule has 0 aliphatic rings. The molecule has 4 rings (SSSR count). The van der Waals surface area contributed by atoms with Gasteiger partial charge in [-0.2, -0.15) is 5.10 Å². The van der Waals surface area contributed by atoms with Crippen LogP contribution in [0.25, 0.3) is 15.9 Å². The smallest absolute Gasteiger partial charge is 0.260 e. The minimum atomic E-state index is -0.325. The van der Waals surface area contributed by atoms with E-state index >= 15 is 0 Å². The third-order valence-electron chi connectivity index (χ3n) is 3.83. The quantitative estimate of drug-likeness (QED) is 0.602. The number of benzene rings is 2. The molecule has 1 amide bonds. The normalized spacial score (nSPS) is 11.0. The highest BCUT2D eigenvalue weighted by Crippen LogP contribution is 2.27. The van der Waals surface area contributed by atoms with Crippen LogP contribution in [0.5, 0.6) is 0 Å². The van der Waals surface area contributed by atoms with E-state index in [-0.39, 0.29) is 11.7 Å². The monoisotopic (exact) mass is 352 g/mol. The van der Waals surface area contributed by atoms with Gasteiger partial charge in [0.2, 0.25) is 0 Å². The minimum Gasteiger partial charge on any atom is -0.298 e. The molecule has 0 aliphatic carbocycles. The first-order valence-corrected chi connectivity index (χ1v) is 8.41. The lowest BCUT2D eigenvalue weighted by Gasteiger charge is -2.05. The van der Waals surface area contributed by atoms with Gasteiger partial charge in [0, 0.05) is 0 Å². The second kappa shape index (κ2) is 6.10. The van der Waals surface area contributed by atoms with Gasteiger partial charge >= 0.3 is 0 Å². The maximum atomic E-state index is 13.3. The Hall–Kier alpha value is -3.06. The number of nitrogens with one attached hydrogen (secondary N) is 1. The predicted molar refractivity (Wildman–Crippen MR) is 95.8 cm³/mol. The number of nitrogens with zero attached hydrogens (tertiary/aromatic N) is 3. The number of anilines is 1. The second-order valence-electron chi connectivity index (χ2n) is 5.48. The van der Waals surface area contributed by atoms with E-state index in [1.54, 1.807) is 10.7 Å². The molecule has 4 aromatic rings. The summed E-state index contributed by atoms with van der Waals surface area (Å²) in [6.45, 7) is 1.84. The molecule has 0 bridgehead atoms. The number of carbonyl (C=O) groups is 1. The molecule has 1 N–H and O–H groups in total. The van der Waals surface area contributed by atoms with E-state index in [1.807, 2.05) is 37.3 Å². The summed E-state index contributed by atoms with van der Waals surface area (Å²) in [6.07, 6.45) is 1.53. The lowest BCUT2D eigenvalue weighted by atomic mass is 10.2. The Morgan fingerprint density at radius 2 is 2.00 bits per heavy atom. The standard InChI is InChI=1S/C18H13FN4OS/c1-11-14(10-20-23(11)13-5-3-2-4-6-13)17(24)22-18-21-15-8-7-12(19)9-16(15)25-18/h2-10H,1H3,(H,21,22,24). The number of hydrogen-bond donors (Lipinski definition) is 1. The number of hydrogen-bond acceptors (Lipinski definition) is 4. The van der Waals surface area contributed by atoms with Crippen molar-refractivity contribution in [3.05, 3.63) is 71.8 Å². The third-order valence-corrected chi connectivity index (χ3v) is 4.76. The van der Waals surface area contributed by atoms with Crippen LogP contribution in [0.4, 0.5) is 9.52 Å². The van der Waals surface area contributed by atoms with Gasteiger partial charge in [0.1, 0.15) is 5.82 Å². The van der Waals surface area contributed by atoms with Crippen molar-refractivity contribution in [3.63, 3.8) is 0 Å². The van der Waals surface area contributed by atoms with Crippen molar-refractivity contribution in [3.8, 4) is 5.69 Å². The van der Waals surface area contributed by atoms with Crippen LogP contribution >= 0.6 is 11.3 Å². The Kier molecular flexibility index (Phi) is 3.77. The van der Waals surface area contributed by atoms with Crippen LogP contribution in [0.15, 0.2) is 54.7 Å². The second-order valence-corrected chi connectivity index (χ2v) is 6.51. The van der Waals surface area contributed by atoms with Crippen LogP contribution in [0.2, 0.25) is 0 Å². The van der Waals surface area contributed by atoms with E-state index in [0.29, 0.717) is 20.9 Å². The van der Waals surface area contributed by atoms with Crippen molar-refractivity contribution in [2.24, 2.45) is 0 Å². The summed E-state index contributed by atoms with van der Waals surface area (Å²) >= 11 is 1.23. The molecule has 0 aliphatic heterocycles. The van der Waals surface area contributed by atoms with Gasteiger partial charge < -0.3 is 0 Å². The van der Waals surface area contributed by atoms with Crippen molar-refractivity contribution in [1.29, 1.82) is 0 Å². The first kappa shape index (κ1) is 15.5. The first-order chi connectivity index (χ1) is 12.1. The molecule has 0 radical (unpaired) electrons. The zero-order valence-corrected chi connectivity index (χ0v) is 14.0. The van der Waals surface area contributed by atoms with E-state index in [4.69, 9.17) is 0 Å². The minimum absolute atomic E-state index is 0.292. The Balaban J connectivity index is 1.61. The van der Waals surface area contributed by atoms with Crippen LogP contribution < -0.4 is 5.32 Å². The van der Waals surface area contributed by atoms with Gasteiger partial charge in [0.05, 0.1) is 33.4 Å². The zero-order chi connectivity index (χ0) is 17.4. The molecule has 7 heteroatoms. The van der Waals surface area contributed by atoms with Gasteiger partial charge in [-0.3, -0.25) is 10.1 Å². The summed E-state index contributed by atoms with van der Waals surface area (Å²) in [5.41, 5.74) is 2.73. The number of aromatic nitrogens is 3. The van der Waals surface area contributed by atoms with Crippen LogP contribution in [0, 0.1) is 12.7 Å². The fraction of sp³-hybridized carbons (Fsp3) is 0.0556. The molecular formula is C18H13FN4OS. The average Bonchev–Trinajstić information content (AvgIpc) is 3.18. The molecule has 2 heterocycles. The topological polar surface area (TPSA) is 59.8 Å². The van der Waals surface area contributed by atoms with Crippen molar-refractivity contribution >= 4 is 32.6 Å². The lowest BCUT2D eigenvalue weighted by Crippen LogP contribution is -2.12. The SMILES string of the molecule is Cc1c(C(=O)Nc2nc3ccc(F)cc3s2)cnn1-c1ccccc1. The number of carbonyl (C=O) groups excluding carboxylic acids is 1. The van der Waals surface area contributed by atoms with Crippen molar-refractivity contribution in [1.82, 2.24) is 14.8 Å². The van der Waals surface area contributed by atoms with Gasteiger partial charge in [-0.05, 0) is 37.3 Å². The van der Waals surface area contributed by atoms with E-state index in [0.717, 1.165) is 11.4 Å². The summed E-state index contributed by atoms with van der Waals surface area (Å²) in [5, 5.41) is 7.49. The molecule has 2 aromatic heterocycles. The number of rotatable bonds is 3. The summed E-state index contributed by atoms with van der Waals surface area (Å²) < 4.78 is 15.7. The number of thiazole rings is 1. The van der Waals surface area contributed by atoms with Crippen molar-refractivity contribution in [2.75, 3.05) is 5.32 Å². The molecule has 124 valence electrons. The molecule has 0 saturated heterocycles. The summed E-state index contributed by atoms with van der Waals surface area (Å²) in [5.74, 6) is -0.617. The average molecular weight is 352 g/mol. The van der Waals surface area contributed by atoms with Crippen LogP contribution in [-0.2, 0) is 0 Å². The molecular weight excluding hydrogens is 339 g/mol. The van der Waals surface area contributed by atoms with Crippen LogP contribution in [0.3, 0.4) is 0 Å². The van der Waals surface area contributed by atoms with Gasteiger partial charge in [-0.1, -0.05) is 29.5 Å². The Bertz CT molecular complexity index is 1070. The van der Waals surface area contributed by atoms with E-state index in [9.17, 15) is 9.18 Å². The molecule has 2 aromatic carbocycles. The number of fused-ring (bicyclic) bond motifs is 1. The van der Waals surface area contributed by atoms with Gasteiger partial charge in [0.25, 0.3) is 5.91 Å². The molecule has 0 unspecified atom stereocenters. The molecule has 5 nitrogen and oxygen atoms in total. The largest absolute Gasteiger partial charge is 0.298 e.